The Hall–Kier alpha value is -2.16. The number of hydrogen-bond donors (Lipinski definition) is 2. The summed E-state index contributed by atoms with van der Waals surface area (Å²) in [6.07, 6.45) is 0.699. The summed E-state index contributed by atoms with van der Waals surface area (Å²) in [4.78, 5) is 0. The van der Waals surface area contributed by atoms with Gasteiger partial charge in [0, 0.05) is 0 Å². The quantitative estimate of drug-likeness (QED) is 0.480. The van der Waals surface area contributed by atoms with Gasteiger partial charge in [-0.25, -0.2) is 0 Å². The van der Waals surface area contributed by atoms with Crippen LogP contribution in [0.2, 0.25) is 0 Å². The van der Waals surface area contributed by atoms with Crippen molar-refractivity contribution in [2.45, 2.75) is 31.5 Å². The van der Waals surface area contributed by atoms with Gasteiger partial charge >= 0.3 is 0 Å². The molecule has 0 saturated carbocycles. The minimum Gasteiger partial charge on any atom is -0.390 e. The van der Waals surface area contributed by atoms with E-state index in [1.807, 2.05) is 0 Å². The van der Waals surface area contributed by atoms with Crippen molar-refractivity contribution in [3.05, 3.63) is 59.7 Å². The average Bonchev–Trinajstić information content (AvgIpc) is 2.55. The monoisotopic (exact) mass is 302 g/mol. The zero-order valence-corrected chi connectivity index (χ0v) is 13.0. The molecule has 2 N–H and O–H groups in total. The molecule has 0 fully saturated rings. The average molecular weight is 302 g/mol. The molecular formula is C21H18O2. The van der Waals surface area contributed by atoms with E-state index in [1.54, 1.807) is 6.92 Å². The summed E-state index contributed by atoms with van der Waals surface area (Å²) in [5.74, 6) is 0. The molecule has 0 spiro atoms. The highest BCUT2D eigenvalue weighted by molar-refractivity contribution is 6.23. The Morgan fingerprint density at radius 3 is 2.43 bits per heavy atom. The van der Waals surface area contributed by atoms with Crippen LogP contribution in [0.4, 0.5) is 0 Å². The summed E-state index contributed by atoms with van der Waals surface area (Å²) in [6, 6.07) is 17.1. The van der Waals surface area contributed by atoms with Gasteiger partial charge in [0.15, 0.2) is 0 Å². The second-order valence-corrected chi connectivity index (χ2v) is 6.97. The molecule has 0 bridgehead atoms. The van der Waals surface area contributed by atoms with Gasteiger partial charge in [-0.3, -0.25) is 0 Å². The van der Waals surface area contributed by atoms with Crippen LogP contribution in [0.15, 0.2) is 48.5 Å². The van der Waals surface area contributed by atoms with E-state index in [0.717, 1.165) is 22.9 Å². The molecule has 0 aromatic heterocycles. The third-order valence-electron chi connectivity index (χ3n) is 5.57. The lowest BCUT2D eigenvalue weighted by Crippen LogP contribution is -2.41. The zero-order chi connectivity index (χ0) is 15.8. The molecule has 114 valence electrons. The van der Waals surface area contributed by atoms with Gasteiger partial charge in [0.25, 0.3) is 0 Å². The van der Waals surface area contributed by atoms with Crippen molar-refractivity contribution in [1.29, 1.82) is 0 Å². The Morgan fingerprint density at radius 1 is 0.957 bits per heavy atom. The van der Waals surface area contributed by atoms with Crippen LogP contribution < -0.4 is 0 Å². The number of aliphatic hydroxyl groups excluding tert-OH is 1. The predicted octanol–water partition coefficient (Wildman–Crippen LogP) is 4.10. The fourth-order valence-electron chi connectivity index (χ4n) is 4.41. The van der Waals surface area contributed by atoms with E-state index in [0.29, 0.717) is 6.42 Å². The molecule has 0 radical (unpaired) electrons. The van der Waals surface area contributed by atoms with Crippen LogP contribution in [0.1, 0.15) is 24.5 Å². The summed E-state index contributed by atoms with van der Waals surface area (Å²) in [5, 5.41) is 28.5. The van der Waals surface area contributed by atoms with Crippen LogP contribution in [0.25, 0.3) is 32.3 Å². The van der Waals surface area contributed by atoms with Crippen molar-refractivity contribution in [1.82, 2.24) is 0 Å². The molecule has 4 aromatic rings. The molecule has 0 aliphatic heterocycles. The fraction of sp³-hybridized carbons (Fsp3) is 0.238. The van der Waals surface area contributed by atoms with Gasteiger partial charge in [-0.2, -0.15) is 0 Å². The summed E-state index contributed by atoms with van der Waals surface area (Å²) in [6.45, 7) is 1.74. The third kappa shape index (κ3) is 1.60. The van der Waals surface area contributed by atoms with Gasteiger partial charge in [0.1, 0.15) is 5.60 Å². The van der Waals surface area contributed by atoms with Gasteiger partial charge in [0.05, 0.1) is 6.10 Å². The zero-order valence-electron chi connectivity index (χ0n) is 13.0. The topological polar surface area (TPSA) is 40.5 Å². The van der Waals surface area contributed by atoms with E-state index < -0.39 is 11.7 Å². The fourth-order valence-corrected chi connectivity index (χ4v) is 4.41. The Morgan fingerprint density at radius 2 is 1.65 bits per heavy atom. The first-order chi connectivity index (χ1) is 11.1. The standard InChI is InChI=1S/C21H18O2/c1-21(23)17(22)10-8-15-11-14-6-5-12-3-2-4-13-7-9-16(20(15)21)19(14)18(12)13/h2-7,9,11,17,22-23H,8,10H2,1H3/t17-,21+/m0/s1. The number of aryl methyl sites for hydroxylation is 1. The van der Waals surface area contributed by atoms with Crippen LogP contribution in [0.5, 0.6) is 0 Å². The maximum atomic E-state index is 11.0. The molecule has 1 aliphatic rings. The predicted molar refractivity (Wildman–Crippen MR) is 94.0 cm³/mol. The molecule has 2 atom stereocenters. The second-order valence-electron chi connectivity index (χ2n) is 6.97. The largest absolute Gasteiger partial charge is 0.390 e. The molecule has 2 nitrogen and oxygen atoms in total. The van der Waals surface area contributed by atoms with Crippen LogP contribution in [-0.4, -0.2) is 16.3 Å². The SMILES string of the molecule is C[C@]1(O)c2c(cc3ccc4cccc5ccc2c3c45)CC[C@@H]1O. The maximum Gasteiger partial charge on any atom is 0.113 e. The molecule has 0 heterocycles. The summed E-state index contributed by atoms with van der Waals surface area (Å²) in [7, 11) is 0. The highest BCUT2D eigenvalue weighted by Gasteiger charge is 2.39. The molecule has 2 heteroatoms. The van der Waals surface area contributed by atoms with E-state index in [2.05, 4.69) is 48.5 Å². The van der Waals surface area contributed by atoms with E-state index >= 15 is 0 Å². The van der Waals surface area contributed by atoms with Gasteiger partial charge in [0.2, 0.25) is 0 Å². The number of aliphatic hydroxyl groups is 2. The molecule has 0 unspecified atom stereocenters. The molecule has 23 heavy (non-hydrogen) atoms. The molecule has 1 aliphatic carbocycles. The van der Waals surface area contributed by atoms with Crippen LogP contribution >= 0.6 is 0 Å². The minimum absolute atomic E-state index is 0.605. The Labute approximate surface area is 134 Å². The van der Waals surface area contributed by atoms with E-state index in [9.17, 15) is 10.2 Å². The summed E-state index contributed by atoms with van der Waals surface area (Å²) < 4.78 is 0. The Balaban J connectivity index is 2.05. The number of fused-ring (bicyclic) bond motifs is 2. The first-order valence-corrected chi connectivity index (χ1v) is 8.18. The Kier molecular flexibility index (Phi) is 2.44. The lowest BCUT2D eigenvalue weighted by molar-refractivity contribution is -0.0754. The molecular weight excluding hydrogens is 284 g/mol. The van der Waals surface area contributed by atoms with E-state index in [-0.39, 0.29) is 0 Å². The van der Waals surface area contributed by atoms with Crippen molar-refractivity contribution in [2.24, 2.45) is 0 Å². The molecule has 0 amide bonds. The number of benzene rings is 4. The summed E-state index contributed by atoms with van der Waals surface area (Å²) in [5.41, 5.74) is 0.865. The first-order valence-electron chi connectivity index (χ1n) is 8.18. The van der Waals surface area contributed by atoms with Crippen molar-refractivity contribution in [2.75, 3.05) is 0 Å². The smallest absolute Gasteiger partial charge is 0.113 e. The number of hydrogen-bond acceptors (Lipinski definition) is 2. The molecule has 4 aromatic carbocycles. The molecule has 5 rings (SSSR count). The lowest BCUT2D eigenvalue weighted by atomic mass is 9.74. The van der Waals surface area contributed by atoms with E-state index in [4.69, 9.17) is 0 Å². The Bertz CT molecular complexity index is 1050. The van der Waals surface area contributed by atoms with Crippen LogP contribution in [-0.2, 0) is 12.0 Å². The van der Waals surface area contributed by atoms with Crippen LogP contribution in [0.3, 0.4) is 0 Å². The van der Waals surface area contributed by atoms with Gasteiger partial charge in [-0.15, -0.1) is 0 Å². The van der Waals surface area contributed by atoms with E-state index in [1.165, 1.54) is 26.9 Å². The van der Waals surface area contributed by atoms with Gasteiger partial charge < -0.3 is 10.2 Å². The third-order valence-corrected chi connectivity index (χ3v) is 5.57. The second kappa shape index (κ2) is 4.22. The minimum atomic E-state index is -1.20. The first kappa shape index (κ1) is 13.3. The van der Waals surface area contributed by atoms with Gasteiger partial charge in [-0.05, 0) is 63.2 Å². The maximum absolute atomic E-state index is 11.0. The van der Waals surface area contributed by atoms with Crippen LogP contribution in [0, 0.1) is 0 Å². The molecule has 0 saturated heterocycles. The van der Waals surface area contributed by atoms with Crippen molar-refractivity contribution in [3.63, 3.8) is 0 Å². The highest BCUT2D eigenvalue weighted by Crippen LogP contribution is 2.44. The van der Waals surface area contributed by atoms with Gasteiger partial charge in [-0.1, -0.05) is 48.5 Å². The summed E-state index contributed by atoms with van der Waals surface area (Å²) >= 11 is 0. The number of rotatable bonds is 0. The highest BCUT2D eigenvalue weighted by atomic mass is 16.3. The lowest BCUT2D eigenvalue weighted by Gasteiger charge is -2.37. The van der Waals surface area contributed by atoms with Crippen molar-refractivity contribution >= 4 is 32.3 Å². The van der Waals surface area contributed by atoms with Crippen molar-refractivity contribution in [3.8, 4) is 0 Å². The van der Waals surface area contributed by atoms with Crippen molar-refractivity contribution < 1.29 is 10.2 Å². The normalized spacial score (nSPS) is 24.6.